The molecule has 1 aromatic heterocycles. The van der Waals surface area contributed by atoms with Crippen LogP contribution in [0.25, 0.3) is 0 Å². The molecule has 2 aromatic rings. The number of nitrogens with one attached hydrogen (secondary N) is 1. The molecule has 0 unspecified atom stereocenters. The van der Waals surface area contributed by atoms with Gasteiger partial charge in [0.1, 0.15) is 11.6 Å². The zero-order valence-electron chi connectivity index (χ0n) is 10.7. The van der Waals surface area contributed by atoms with Gasteiger partial charge in [0.2, 0.25) is 5.88 Å². The number of hydrogen-bond donors (Lipinski definition) is 1. The topological polar surface area (TPSA) is 77.3 Å². The van der Waals surface area contributed by atoms with Crippen molar-refractivity contribution in [2.75, 3.05) is 11.9 Å². The standard InChI is InChI=1S/C13H12ClN3O3/c1-2-15-12-7-9(17(18)19)8-13(16-12)20-11-6-4-3-5-10(11)14/h3-8H,2H2,1H3,(H,15,16). The molecule has 0 saturated carbocycles. The van der Waals surface area contributed by atoms with E-state index in [9.17, 15) is 10.1 Å². The molecule has 0 atom stereocenters. The van der Waals surface area contributed by atoms with Crippen molar-refractivity contribution in [2.24, 2.45) is 0 Å². The molecule has 0 aliphatic carbocycles. The van der Waals surface area contributed by atoms with Gasteiger partial charge in [-0.3, -0.25) is 10.1 Å². The number of pyridine rings is 1. The SMILES string of the molecule is CCNc1cc([N+](=O)[O-])cc(Oc2ccccc2Cl)n1. The van der Waals surface area contributed by atoms with Gasteiger partial charge in [0.05, 0.1) is 22.1 Å². The first kappa shape index (κ1) is 14.1. The molecule has 6 nitrogen and oxygen atoms in total. The fraction of sp³-hybridized carbons (Fsp3) is 0.154. The normalized spacial score (nSPS) is 10.1. The summed E-state index contributed by atoms with van der Waals surface area (Å²) in [5.41, 5.74) is -0.0991. The van der Waals surface area contributed by atoms with Crippen molar-refractivity contribution < 1.29 is 9.66 Å². The van der Waals surface area contributed by atoms with Gasteiger partial charge in [-0.1, -0.05) is 23.7 Å². The first-order valence-electron chi connectivity index (χ1n) is 5.93. The van der Waals surface area contributed by atoms with E-state index in [1.807, 2.05) is 6.92 Å². The Labute approximate surface area is 120 Å². The maximum absolute atomic E-state index is 10.9. The molecule has 1 heterocycles. The minimum Gasteiger partial charge on any atom is -0.437 e. The number of nitro groups is 1. The quantitative estimate of drug-likeness (QED) is 0.669. The molecule has 2 rings (SSSR count). The molecule has 0 bridgehead atoms. The van der Waals surface area contributed by atoms with E-state index < -0.39 is 4.92 Å². The van der Waals surface area contributed by atoms with Crippen LogP contribution in [0.3, 0.4) is 0 Å². The van der Waals surface area contributed by atoms with Crippen LogP contribution in [0.5, 0.6) is 11.6 Å². The third-order valence-electron chi connectivity index (χ3n) is 2.41. The Kier molecular flexibility index (Phi) is 4.37. The number of nitrogens with zero attached hydrogens (tertiary/aromatic N) is 2. The van der Waals surface area contributed by atoms with Crippen molar-refractivity contribution in [3.63, 3.8) is 0 Å². The average molecular weight is 294 g/mol. The zero-order valence-corrected chi connectivity index (χ0v) is 11.4. The van der Waals surface area contributed by atoms with E-state index in [0.717, 1.165) is 0 Å². The van der Waals surface area contributed by atoms with E-state index in [1.54, 1.807) is 24.3 Å². The highest BCUT2D eigenvalue weighted by Crippen LogP contribution is 2.30. The highest BCUT2D eigenvalue weighted by Gasteiger charge is 2.13. The number of rotatable bonds is 5. The van der Waals surface area contributed by atoms with Crippen molar-refractivity contribution in [1.82, 2.24) is 4.98 Å². The van der Waals surface area contributed by atoms with E-state index in [0.29, 0.717) is 23.1 Å². The number of anilines is 1. The number of para-hydroxylation sites is 1. The summed E-state index contributed by atoms with van der Waals surface area (Å²) in [4.78, 5) is 14.5. The predicted molar refractivity (Wildman–Crippen MR) is 76.6 cm³/mol. The van der Waals surface area contributed by atoms with E-state index in [4.69, 9.17) is 16.3 Å². The van der Waals surface area contributed by atoms with Crippen LogP contribution in [-0.4, -0.2) is 16.5 Å². The van der Waals surface area contributed by atoms with E-state index in [2.05, 4.69) is 10.3 Å². The number of halogens is 1. The van der Waals surface area contributed by atoms with Gasteiger partial charge in [0.15, 0.2) is 0 Å². The van der Waals surface area contributed by atoms with Crippen molar-refractivity contribution in [1.29, 1.82) is 0 Å². The second kappa shape index (κ2) is 6.21. The Morgan fingerprint density at radius 2 is 2.15 bits per heavy atom. The highest BCUT2D eigenvalue weighted by molar-refractivity contribution is 6.32. The van der Waals surface area contributed by atoms with Crippen molar-refractivity contribution >= 4 is 23.1 Å². The Morgan fingerprint density at radius 3 is 2.80 bits per heavy atom. The van der Waals surface area contributed by atoms with E-state index in [1.165, 1.54) is 12.1 Å². The van der Waals surface area contributed by atoms with Gasteiger partial charge < -0.3 is 10.1 Å². The Hall–Kier alpha value is -2.34. The van der Waals surface area contributed by atoms with Gasteiger partial charge in [-0.15, -0.1) is 0 Å². The summed E-state index contributed by atoms with van der Waals surface area (Å²) in [5, 5.41) is 14.2. The number of aromatic nitrogens is 1. The molecule has 104 valence electrons. The molecular weight excluding hydrogens is 282 g/mol. The van der Waals surface area contributed by atoms with Crippen molar-refractivity contribution in [3.05, 3.63) is 51.5 Å². The lowest BCUT2D eigenvalue weighted by Crippen LogP contribution is -2.02. The van der Waals surface area contributed by atoms with Gasteiger partial charge in [0.25, 0.3) is 5.69 Å². The van der Waals surface area contributed by atoms with Crippen LogP contribution in [-0.2, 0) is 0 Å². The Morgan fingerprint density at radius 1 is 1.40 bits per heavy atom. The predicted octanol–water partition coefficient (Wildman–Crippen LogP) is 3.87. The molecule has 0 aliphatic heterocycles. The number of ether oxygens (including phenoxy) is 1. The molecule has 0 aliphatic rings. The lowest BCUT2D eigenvalue weighted by molar-refractivity contribution is -0.384. The molecular formula is C13H12ClN3O3. The van der Waals surface area contributed by atoms with Crippen molar-refractivity contribution in [3.8, 4) is 11.6 Å². The lowest BCUT2D eigenvalue weighted by atomic mass is 10.3. The molecule has 1 N–H and O–H groups in total. The van der Waals surface area contributed by atoms with E-state index in [-0.39, 0.29) is 11.6 Å². The van der Waals surface area contributed by atoms with Gasteiger partial charge in [-0.05, 0) is 19.1 Å². The molecule has 1 aromatic carbocycles. The maximum atomic E-state index is 10.9. The fourth-order valence-corrected chi connectivity index (χ4v) is 1.74. The second-order valence-electron chi connectivity index (χ2n) is 3.87. The van der Waals surface area contributed by atoms with Crippen LogP contribution in [0, 0.1) is 10.1 Å². The van der Waals surface area contributed by atoms with Crippen LogP contribution in [0.2, 0.25) is 5.02 Å². The third kappa shape index (κ3) is 3.36. The first-order chi connectivity index (χ1) is 9.60. The van der Waals surface area contributed by atoms with Crippen LogP contribution in [0.1, 0.15) is 6.92 Å². The van der Waals surface area contributed by atoms with Crippen LogP contribution >= 0.6 is 11.6 Å². The molecule has 0 spiro atoms. The maximum Gasteiger partial charge on any atom is 0.278 e. The van der Waals surface area contributed by atoms with Gasteiger partial charge in [-0.25, -0.2) is 0 Å². The summed E-state index contributed by atoms with van der Waals surface area (Å²) in [6.07, 6.45) is 0. The van der Waals surface area contributed by atoms with Gasteiger partial charge in [0, 0.05) is 6.54 Å². The second-order valence-corrected chi connectivity index (χ2v) is 4.28. The number of hydrogen-bond acceptors (Lipinski definition) is 5. The molecule has 0 saturated heterocycles. The summed E-state index contributed by atoms with van der Waals surface area (Å²) < 4.78 is 5.50. The summed E-state index contributed by atoms with van der Waals surface area (Å²) in [5.74, 6) is 0.886. The first-order valence-corrected chi connectivity index (χ1v) is 6.30. The summed E-state index contributed by atoms with van der Waals surface area (Å²) >= 11 is 5.98. The number of benzene rings is 1. The Bertz CT molecular complexity index is 634. The largest absolute Gasteiger partial charge is 0.437 e. The summed E-state index contributed by atoms with van der Waals surface area (Å²) in [7, 11) is 0. The van der Waals surface area contributed by atoms with Crippen LogP contribution in [0.4, 0.5) is 11.5 Å². The molecule has 0 fully saturated rings. The highest BCUT2D eigenvalue weighted by atomic mass is 35.5. The lowest BCUT2D eigenvalue weighted by Gasteiger charge is -2.08. The Balaban J connectivity index is 2.35. The monoisotopic (exact) mass is 293 g/mol. The third-order valence-corrected chi connectivity index (χ3v) is 2.72. The molecule has 7 heteroatoms. The molecule has 0 amide bonds. The zero-order chi connectivity index (χ0) is 14.5. The van der Waals surface area contributed by atoms with Gasteiger partial charge >= 0.3 is 0 Å². The molecule has 20 heavy (non-hydrogen) atoms. The van der Waals surface area contributed by atoms with Crippen molar-refractivity contribution in [2.45, 2.75) is 6.92 Å². The average Bonchev–Trinajstić information content (AvgIpc) is 2.41. The van der Waals surface area contributed by atoms with Crippen LogP contribution in [0.15, 0.2) is 36.4 Å². The van der Waals surface area contributed by atoms with Crippen LogP contribution < -0.4 is 10.1 Å². The van der Waals surface area contributed by atoms with E-state index >= 15 is 0 Å². The summed E-state index contributed by atoms with van der Waals surface area (Å²) in [6.45, 7) is 2.47. The minimum atomic E-state index is -0.498. The smallest absolute Gasteiger partial charge is 0.278 e. The van der Waals surface area contributed by atoms with Gasteiger partial charge in [-0.2, -0.15) is 4.98 Å². The minimum absolute atomic E-state index is 0.0991. The summed E-state index contributed by atoms with van der Waals surface area (Å²) in [6, 6.07) is 9.45. The fourth-order valence-electron chi connectivity index (χ4n) is 1.56. The molecule has 0 radical (unpaired) electrons.